The van der Waals surface area contributed by atoms with Crippen LogP contribution in [0.5, 0.6) is 0 Å². The lowest BCUT2D eigenvalue weighted by molar-refractivity contribution is 0.420. The van der Waals surface area contributed by atoms with E-state index in [2.05, 4.69) is 15.7 Å². The van der Waals surface area contributed by atoms with Crippen LogP contribution in [-0.4, -0.2) is 21.4 Å². The van der Waals surface area contributed by atoms with E-state index < -0.39 is 28.8 Å². The van der Waals surface area contributed by atoms with Crippen LogP contribution in [-0.2, 0) is 6.54 Å². The van der Waals surface area contributed by atoms with Crippen LogP contribution < -0.4 is 10.6 Å². The first-order valence-electron chi connectivity index (χ1n) is 6.31. The Labute approximate surface area is 129 Å². The third-order valence-electron chi connectivity index (χ3n) is 2.76. The van der Waals surface area contributed by atoms with Crippen LogP contribution in [0.1, 0.15) is 12.5 Å². The molecule has 0 saturated carbocycles. The zero-order valence-electron chi connectivity index (χ0n) is 11.5. The highest BCUT2D eigenvalue weighted by Gasteiger charge is 2.19. The Morgan fingerprint density at radius 1 is 1.23 bits per heavy atom. The molecule has 2 rings (SSSR count). The fraction of sp³-hybridized carbons (Fsp3) is 0.231. The highest BCUT2D eigenvalue weighted by atomic mass is 32.1. The molecule has 22 heavy (non-hydrogen) atoms. The summed E-state index contributed by atoms with van der Waals surface area (Å²) < 4.78 is 54.3. The Kier molecular flexibility index (Phi) is 4.96. The first-order chi connectivity index (χ1) is 10.4. The van der Waals surface area contributed by atoms with Crippen molar-refractivity contribution in [2.45, 2.75) is 13.5 Å². The van der Waals surface area contributed by atoms with Gasteiger partial charge in [0.05, 0.1) is 18.4 Å². The molecule has 0 saturated heterocycles. The average molecular weight is 332 g/mol. The van der Waals surface area contributed by atoms with Crippen molar-refractivity contribution in [1.82, 2.24) is 15.1 Å². The maximum atomic E-state index is 13.6. The molecule has 0 aliphatic rings. The van der Waals surface area contributed by atoms with Crippen molar-refractivity contribution in [3.8, 4) is 0 Å². The SMILES string of the molecule is CCNC(=S)Nc1cnn(Cc2c(F)cc(F)c(F)c2F)c1. The summed E-state index contributed by atoms with van der Waals surface area (Å²) in [5, 5.41) is 9.92. The molecular formula is C13H12F4N4S. The minimum Gasteiger partial charge on any atom is -0.363 e. The summed E-state index contributed by atoms with van der Waals surface area (Å²) in [6.45, 7) is 2.11. The minimum atomic E-state index is -1.71. The normalized spacial score (nSPS) is 10.6. The van der Waals surface area contributed by atoms with Crippen molar-refractivity contribution in [3.05, 3.63) is 47.3 Å². The molecule has 1 heterocycles. The quantitative estimate of drug-likeness (QED) is 0.391. The maximum Gasteiger partial charge on any atom is 0.194 e. The summed E-state index contributed by atoms with van der Waals surface area (Å²) in [4.78, 5) is 0. The zero-order valence-corrected chi connectivity index (χ0v) is 12.3. The predicted octanol–water partition coefficient (Wildman–Crippen LogP) is 2.79. The van der Waals surface area contributed by atoms with Gasteiger partial charge in [-0.05, 0) is 19.1 Å². The Morgan fingerprint density at radius 3 is 2.64 bits per heavy atom. The number of benzene rings is 1. The van der Waals surface area contributed by atoms with E-state index in [1.54, 1.807) is 0 Å². The molecule has 0 unspecified atom stereocenters. The number of rotatable bonds is 4. The molecule has 0 fully saturated rings. The van der Waals surface area contributed by atoms with Crippen LogP contribution in [0.15, 0.2) is 18.5 Å². The predicted molar refractivity (Wildman–Crippen MR) is 77.5 cm³/mol. The molecule has 0 bridgehead atoms. The molecule has 0 radical (unpaired) electrons. The van der Waals surface area contributed by atoms with Gasteiger partial charge >= 0.3 is 0 Å². The van der Waals surface area contributed by atoms with Crippen molar-refractivity contribution < 1.29 is 17.6 Å². The van der Waals surface area contributed by atoms with E-state index in [-0.39, 0.29) is 6.54 Å². The summed E-state index contributed by atoms with van der Waals surface area (Å²) in [6, 6.07) is 0.302. The van der Waals surface area contributed by atoms with E-state index >= 15 is 0 Å². The van der Waals surface area contributed by atoms with Crippen molar-refractivity contribution >= 4 is 23.0 Å². The highest BCUT2D eigenvalue weighted by Crippen LogP contribution is 2.20. The van der Waals surface area contributed by atoms with E-state index in [1.807, 2.05) is 6.92 Å². The van der Waals surface area contributed by atoms with Crippen LogP contribution in [0.4, 0.5) is 23.2 Å². The van der Waals surface area contributed by atoms with Crippen LogP contribution in [0.25, 0.3) is 0 Å². The van der Waals surface area contributed by atoms with Gasteiger partial charge in [-0.1, -0.05) is 0 Å². The second kappa shape index (κ2) is 6.73. The molecule has 0 aliphatic heterocycles. The van der Waals surface area contributed by atoms with Crippen molar-refractivity contribution in [2.75, 3.05) is 11.9 Å². The molecule has 9 heteroatoms. The summed E-state index contributed by atoms with van der Waals surface area (Å²) in [5.74, 6) is -6.02. The number of nitrogens with one attached hydrogen (secondary N) is 2. The van der Waals surface area contributed by atoms with Crippen LogP contribution >= 0.6 is 12.2 Å². The molecule has 2 aromatic rings. The molecule has 1 aromatic carbocycles. The average Bonchev–Trinajstić information content (AvgIpc) is 2.89. The third-order valence-corrected chi connectivity index (χ3v) is 3.00. The topological polar surface area (TPSA) is 41.9 Å². The molecule has 4 nitrogen and oxygen atoms in total. The molecule has 0 aliphatic carbocycles. The lowest BCUT2D eigenvalue weighted by Gasteiger charge is -2.07. The van der Waals surface area contributed by atoms with Gasteiger partial charge in [0.25, 0.3) is 0 Å². The third kappa shape index (κ3) is 3.53. The highest BCUT2D eigenvalue weighted by molar-refractivity contribution is 7.80. The van der Waals surface area contributed by atoms with Crippen LogP contribution in [0.3, 0.4) is 0 Å². The first-order valence-corrected chi connectivity index (χ1v) is 6.72. The molecule has 2 N–H and O–H groups in total. The summed E-state index contributed by atoms with van der Waals surface area (Å²) >= 11 is 4.98. The largest absolute Gasteiger partial charge is 0.363 e. The first kappa shape index (κ1) is 16.2. The van der Waals surface area contributed by atoms with Gasteiger partial charge in [0.1, 0.15) is 5.82 Å². The van der Waals surface area contributed by atoms with Gasteiger partial charge in [-0.2, -0.15) is 5.10 Å². The Hall–Kier alpha value is -2.16. The van der Waals surface area contributed by atoms with Gasteiger partial charge in [0.2, 0.25) is 0 Å². The van der Waals surface area contributed by atoms with E-state index in [9.17, 15) is 17.6 Å². The van der Waals surface area contributed by atoms with E-state index in [0.717, 1.165) is 0 Å². The fourth-order valence-corrected chi connectivity index (χ4v) is 2.02. The second-order valence-electron chi connectivity index (χ2n) is 4.36. The molecule has 118 valence electrons. The lowest BCUT2D eigenvalue weighted by Crippen LogP contribution is -2.27. The molecule has 1 aromatic heterocycles. The summed E-state index contributed by atoms with van der Waals surface area (Å²) in [5.41, 5.74) is -0.114. The fourth-order valence-electron chi connectivity index (χ4n) is 1.76. The van der Waals surface area contributed by atoms with Crippen LogP contribution in [0.2, 0.25) is 0 Å². The molecular weight excluding hydrogens is 320 g/mol. The number of anilines is 1. The van der Waals surface area contributed by atoms with Crippen LogP contribution in [0, 0.1) is 23.3 Å². The second-order valence-corrected chi connectivity index (χ2v) is 4.77. The van der Waals surface area contributed by atoms with Gasteiger partial charge in [0.15, 0.2) is 22.6 Å². The van der Waals surface area contributed by atoms with Crippen molar-refractivity contribution in [3.63, 3.8) is 0 Å². The molecule has 0 spiro atoms. The summed E-state index contributed by atoms with van der Waals surface area (Å²) in [7, 11) is 0. The smallest absolute Gasteiger partial charge is 0.194 e. The van der Waals surface area contributed by atoms with Crippen molar-refractivity contribution in [2.24, 2.45) is 0 Å². The number of hydrogen-bond donors (Lipinski definition) is 2. The van der Waals surface area contributed by atoms with Gasteiger partial charge in [-0.3, -0.25) is 4.68 Å². The minimum absolute atomic E-state index is 0.302. The van der Waals surface area contributed by atoms with E-state index in [0.29, 0.717) is 23.4 Å². The van der Waals surface area contributed by atoms with Gasteiger partial charge in [-0.25, -0.2) is 17.6 Å². The summed E-state index contributed by atoms with van der Waals surface area (Å²) in [6.07, 6.45) is 2.82. The zero-order chi connectivity index (χ0) is 16.3. The number of hydrogen-bond acceptors (Lipinski definition) is 2. The number of thiocarbonyl (C=S) groups is 1. The number of halogens is 4. The van der Waals surface area contributed by atoms with E-state index in [4.69, 9.17) is 12.2 Å². The standard InChI is InChI=1S/C13H12F4N4S/c1-2-18-13(22)20-7-4-19-21(5-7)6-8-9(14)3-10(15)12(17)11(8)16/h3-5H,2,6H2,1H3,(H2,18,20,22). The monoisotopic (exact) mass is 332 g/mol. The number of nitrogens with zero attached hydrogens (tertiary/aromatic N) is 2. The van der Waals surface area contributed by atoms with E-state index in [1.165, 1.54) is 17.1 Å². The molecule has 0 amide bonds. The molecule has 0 atom stereocenters. The number of aromatic nitrogens is 2. The van der Waals surface area contributed by atoms with Crippen molar-refractivity contribution in [1.29, 1.82) is 0 Å². The van der Waals surface area contributed by atoms with Gasteiger partial charge in [-0.15, -0.1) is 0 Å². The Bertz CT molecular complexity index is 702. The van der Waals surface area contributed by atoms with Gasteiger partial charge < -0.3 is 10.6 Å². The lowest BCUT2D eigenvalue weighted by atomic mass is 10.2. The Morgan fingerprint density at radius 2 is 1.95 bits per heavy atom. The maximum absolute atomic E-state index is 13.6. The Balaban J connectivity index is 2.17. The van der Waals surface area contributed by atoms with Gasteiger partial charge in [0, 0.05) is 24.4 Å².